The van der Waals surface area contributed by atoms with Crippen LogP contribution in [0.3, 0.4) is 0 Å². The molecule has 0 radical (unpaired) electrons. The zero-order valence-corrected chi connectivity index (χ0v) is 20.4. The van der Waals surface area contributed by atoms with E-state index in [2.05, 4.69) is 22.1 Å². The maximum absolute atomic E-state index is 12.4. The normalized spacial score (nSPS) is 10.8. The van der Waals surface area contributed by atoms with E-state index in [0.717, 1.165) is 27.4 Å². The number of thioether (sulfide) groups is 1. The quantitative estimate of drug-likeness (QED) is 0.294. The number of benzene rings is 2. The number of carbonyl (C=O) groups is 1. The number of hydrogen-bond acceptors (Lipinski definition) is 5. The molecule has 1 aromatic heterocycles. The molecular formula is C23H24Cl2N4O2S. The van der Waals surface area contributed by atoms with E-state index in [0.29, 0.717) is 28.3 Å². The van der Waals surface area contributed by atoms with E-state index >= 15 is 0 Å². The second-order valence-corrected chi connectivity index (χ2v) is 9.01. The fourth-order valence-corrected chi connectivity index (χ4v) is 4.17. The molecule has 6 nitrogen and oxygen atoms in total. The van der Waals surface area contributed by atoms with Gasteiger partial charge in [0.25, 0.3) is 0 Å². The van der Waals surface area contributed by atoms with Crippen LogP contribution in [0.5, 0.6) is 5.75 Å². The van der Waals surface area contributed by atoms with Crippen molar-refractivity contribution in [1.29, 1.82) is 0 Å². The lowest BCUT2D eigenvalue weighted by Gasteiger charge is -2.11. The molecule has 0 aliphatic rings. The highest BCUT2D eigenvalue weighted by Crippen LogP contribution is 2.27. The fourth-order valence-electron chi connectivity index (χ4n) is 3.07. The van der Waals surface area contributed by atoms with Gasteiger partial charge >= 0.3 is 0 Å². The highest BCUT2D eigenvalue weighted by molar-refractivity contribution is 7.99. The Bertz CT molecular complexity index is 1120. The number of anilines is 1. The minimum Gasteiger partial charge on any atom is -0.486 e. The Labute approximate surface area is 202 Å². The third-order valence-corrected chi connectivity index (χ3v) is 6.48. The molecule has 0 bridgehead atoms. The number of rotatable bonds is 9. The molecule has 9 heteroatoms. The number of nitrogens with zero attached hydrogens (tertiary/aromatic N) is 3. The number of carbonyl (C=O) groups excluding carboxylic acids is 1. The first-order valence-corrected chi connectivity index (χ1v) is 11.6. The zero-order valence-electron chi connectivity index (χ0n) is 18.1. The smallest absolute Gasteiger partial charge is 0.234 e. The molecule has 0 fully saturated rings. The summed E-state index contributed by atoms with van der Waals surface area (Å²) in [5.41, 5.74) is 3.53. The lowest BCUT2D eigenvalue weighted by Crippen LogP contribution is -2.15. The molecule has 0 aliphatic carbocycles. The van der Waals surface area contributed by atoms with Gasteiger partial charge in [-0.1, -0.05) is 41.0 Å². The topological polar surface area (TPSA) is 69.0 Å². The number of nitrogens with one attached hydrogen (secondary N) is 1. The third-order valence-electron chi connectivity index (χ3n) is 4.68. The summed E-state index contributed by atoms with van der Waals surface area (Å²) in [4.78, 5) is 12.4. The van der Waals surface area contributed by atoms with E-state index in [1.165, 1.54) is 11.8 Å². The third kappa shape index (κ3) is 6.06. The summed E-state index contributed by atoms with van der Waals surface area (Å²) in [5, 5.41) is 13.4. The summed E-state index contributed by atoms with van der Waals surface area (Å²) < 4.78 is 7.80. The number of allylic oxidation sites excluding steroid dienone is 1. The average Bonchev–Trinajstić information content (AvgIpc) is 3.13. The van der Waals surface area contributed by atoms with Gasteiger partial charge in [-0.3, -0.25) is 9.36 Å². The summed E-state index contributed by atoms with van der Waals surface area (Å²) in [6.45, 7) is 10.3. The largest absolute Gasteiger partial charge is 0.486 e. The van der Waals surface area contributed by atoms with Crippen molar-refractivity contribution in [3.05, 3.63) is 75.5 Å². The summed E-state index contributed by atoms with van der Waals surface area (Å²) in [6, 6.07) is 9.12. The Hall–Kier alpha value is -2.48. The van der Waals surface area contributed by atoms with Crippen LogP contribution in [0.1, 0.15) is 22.5 Å². The molecule has 3 rings (SSSR count). The van der Waals surface area contributed by atoms with Crippen molar-refractivity contribution in [3.63, 3.8) is 0 Å². The van der Waals surface area contributed by atoms with Gasteiger partial charge in [-0.2, -0.15) is 0 Å². The number of amides is 1. The van der Waals surface area contributed by atoms with Crippen molar-refractivity contribution in [1.82, 2.24) is 14.8 Å². The Morgan fingerprint density at radius 3 is 2.53 bits per heavy atom. The maximum atomic E-state index is 12.4. The van der Waals surface area contributed by atoms with Gasteiger partial charge in [0.2, 0.25) is 5.91 Å². The van der Waals surface area contributed by atoms with Crippen molar-refractivity contribution in [2.45, 2.75) is 39.1 Å². The molecule has 0 atom stereocenters. The second-order valence-electron chi connectivity index (χ2n) is 7.25. The van der Waals surface area contributed by atoms with Gasteiger partial charge in [0, 0.05) is 22.3 Å². The maximum Gasteiger partial charge on any atom is 0.234 e. The molecule has 1 amide bonds. The Morgan fingerprint density at radius 2 is 1.88 bits per heavy atom. The molecule has 0 spiro atoms. The van der Waals surface area contributed by atoms with E-state index < -0.39 is 0 Å². The molecule has 32 heavy (non-hydrogen) atoms. The van der Waals surface area contributed by atoms with Crippen molar-refractivity contribution < 1.29 is 9.53 Å². The molecule has 1 heterocycles. The molecule has 168 valence electrons. The summed E-state index contributed by atoms with van der Waals surface area (Å²) in [6.07, 6.45) is 1.75. The van der Waals surface area contributed by atoms with Crippen LogP contribution in [0, 0.1) is 20.8 Å². The van der Waals surface area contributed by atoms with Crippen molar-refractivity contribution in [2.24, 2.45) is 0 Å². The molecule has 0 unspecified atom stereocenters. The van der Waals surface area contributed by atoms with Gasteiger partial charge in [-0.15, -0.1) is 16.8 Å². The van der Waals surface area contributed by atoms with Gasteiger partial charge in [-0.25, -0.2) is 0 Å². The van der Waals surface area contributed by atoms with Crippen molar-refractivity contribution in [2.75, 3.05) is 11.1 Å². The van der Waals surface area contributed by atoms with Crippen LogP contribution in [-0.4, -0.2) is 26.4 Å². The van der Waals surface area contributed by atoms with Crippen LogP contribution in [0.15, 0.2) is 48.1 Å². The lowest BCUT2D eigenvalue weighted by atomic mass is 10.1. The van der Waals surface area contributed by atoms with Crippen LogP contribution < -0.4 is 10.1 Å². The fraction of sp³-hybridized carbons (Fsp3) is 0.261. The zero-order chi connectivity index (χ0) is 23.3. The molecule has 2 aromatic carbocycles. The van der Waals surface area contributed by atoms with E-state index in [-0.39, 0.29) is 18.3 Å². The van der Waals surface area contributed by atoms with E-state index in [4.69, 9.17) is 27.9 Å². The number of aryl methyl sites for hydroxylation is 3. The predicted molar refractivity (Wildman–Crippen MR) is 131 cm³/mol. The first-order chi connectivity index (χ1) is 15.3. The first-order valence-electron chi connectivity index (χ1n) is 9.89. The Kier molecular flexibility index (Phi) is 8.23. The summed E-state index contributed by atoms with van der Waals surface area (Å²) >= 11 is 13.5. The van der Waals surface area contributed by atoms with Crippen LogP contribution in [0.2, 0.25) is 10.0 Å². The van der Waals surface area contributed by atoms with Gasteiger partial charge < -0.3 is 10.1 Å². The Balaban J connectivity index is 1.65. The first kappa shape index (κ1) is 24.2. The number of hydrogen-bond donors (Lipinski definition) is 1. The molecule has 0 aliphatic heterocycles. The van der Waals surface area contributed by atoms with Crippen LogP contribution >= 0.6 is 35.0 Å². The van der Waals surface area contributed by atoms with Gasteiger partial charge in [0.05, 0.1) is 5.75 Å². The van der Waals surface area contributed by atoms with Crippen LogP contribution in [0.4, 0.5) is 5.69 Å². The monoisotopic (exact) mass is 490 g/mol. The molecular weight excluding hydrogens is 467 g/mol. The highest BCUT2D eigenvalue weighted by atomic mass is 35.5. The van der Waals surface area contributed by atoms with E-state index in [1.807, 2.05) is 37.5 Å². The highest BCUT2D eigenvalue weighted by Gasteiger charge is 2.15. The molecule has 1 N–H and O–H groups in total. The molecule has 0 saturated heterocycles. The van der Waals surface area contributed by atoms with Gasteiger partial charge in [0.15, 0.2) is 11.0 Å². The minimum atomic E-state index is -0.140. The number of ether oxygens (including phenoxy) is 1. The Morgan fingerprint density at radius 1 is 1.16 bits per heavy atom. The number of halogens is 2. The lowest BCUT2D eigenvalue weighted by molar-refractivity contribution is -0.113. The van der Waals surface area contributed by atoms with Crippen molar-refractivity contribution in [3.8, 4) is 5.75 Å². The SMILES string of the molecule is C=CCn1c(COc2cc(C)c(Cl)c(C)c2)nnc1SCC(=O)Nc1ccc(Cl)cc1C. The minimum absolute atomic E-state index is 0.140. The predicted octanol–water partition coefficient (Wildman–Crippen LogP) is 6.01. The van der Waals surface area contributed by atoms with Crippen molar-refractivity contribution >= 4 is 46.6 Å². The summed E-state index contributed by atoms with van der Waals surface area (Å²) in [7, 11) is 0. The summed E-state index contributed by atoms with van der Waals surface area (Å²) in [5.74, 6) is 1.41. The van der Waals surface area contributed by atoms with Crippen LogP contribution in [0.25, 0.3) is 0 Å². The molecule has 0 saturated carbocycles. The average molecular weight is 491 g/mol. The van der Waals surface area contributed by atoms with Gasteiger partial charge in [-0.05, 0) is 67.8 Å². The van der Waals surface area contributed by atoms with E-state index in [9.17, 15) is 4.79 Å². The number of aromatic nitrogens is 3. The second kappa shape index (κ2) is 10.9. The standard InChI is InChI=1S/C23H24Cl2N4O2S/c1-5-8-29-20(12-31-18-10-15(3)22(25)16(4)11-18)27-28-23(29)32-13-21(30)26-19-7-6-17(24)9-14(19)2/h5-7,9-11H,1,8,12-13H2,2-4H3,(H,26,30). The van der Waals surface area contributed by atoms with Gasteiger partial charge in [0.1, 0.15) is 12.4 Å². The van der Waals surface area contributed by atoms with Crippen LogP contribution in [-0.2, 0) is 17.9 Å². The van der Waals surface area contributed by atoms with E-state index in [1.54, 1.807) is 24.3 Å². The molecule has 3 aromatic rings.